The number of benzene rings is 1. The zero-order valence-electron chi connectivity index (χ0n) is 12.2. The number of carboxylic acid groups (broad SMARTS) is 1. The Hall–Kier alpha value is -1.39. The normalized spacial score (nSPS) is 26.9. The van der Waals surface area contributed by atoms with E-state index in [1.165, 1.54) is 6.42 Å². The standard InChI is InChI=1S/C16H24N2O2/c1-12-7-6-10-18(13(12)2)11-16(17,15(19)20)14-8-4-3-5-9-14/h3-5,8-9,12-13H,6-7,10-11,17H2,1-2H3,(H,19,20). The Morgan fingerprint density at radius 2 is 2.05 bits per heavy atom. The fourth-order valence-corrected chi connectivity index (χ4v) is 2.98. The highest BCUT2D eigenvalue weighted by molar-refractivity contribution is 5.80. The van der Waals surface area contributed by atoms with Gasteiger partial charge in [0.15, 0.2) is 5.54 Å². The molecule has 0 aliphatic carbocycles. The van der Waals surface area contributed by atoms with E-state index in [2.05, 4.69) is 18.7 Å². The monoisotopic (exact) mass is 276 g/mol. The van der Waals surface area contributed by atoms with Gasteiger partial charge in [-0.05, 0) is 37.8 Å². The van der Waals surface area contributed by atoms with Crippen LogP contribution in [-0.2, 0) is 10.3 Å². The Labute approximate surface area is 120 Å². The average Bonchev–Trinajstić information content (AvgIpc) is 2.44. The lowest BCUT2D eigenvalue weighted by atomic mass is 9.86. The summed E-state index contributed by atoms with van der Waals surface area (Å²) in [7, 11) is 0. The molecule has 2 rings (SSSR count). The number of nitrogens with zero attached hydrogens (tertiary/aromatic N) is 1. The topological polar surface area (TPSA) is 66.6 Å². The summed E-state index contributed by atoms with van der Waals surface area (Å²) in [6, 6.07) is 9.51. The molecule has 0 radical (unpaired) electrons. The molecule has 3 atom stereocenters. The molecule has 1 fully saturated rings. The van der Waals surface area contributed by atoms with E-state index in [1.54, 1.807) is 12.1 Å². The van der Waals surface area contributed by atoms with E-state index in [9.17, 15) is 9.90 Å². The molecule has 1 aliphatic rings. The van der Waals surface area contributed by atoms with Crippen molar-refractivity contribution in [1.29, 1.82) is 0 Å². The van der Waals surface area contributed by atoms with Crippen molar-refractivity contribution in [3.63, 3.8) is 0 Å². The van der Waals surface area contributed by atoms with Gasteiger partial charge in [-0.1, -0.05) is 37.3 Å². The van der Waals surface area contributed by atoms with Crippen molar-refractivity contribution >= 4 is 5.97 Å². The third-order valence-corrected chi connectivity index (χ3v) is 4.63. The minimum absolute atomic E-state index is 0.359. The van der Waals surface area contributed by atoms with E-state index in [0.29, 0.717) is 24.1 Å². The molecule has 0 saturated carbocycles. The molecule has 4 heteroatoms. The molecule has 0 aromatic heterocycles. The van der Waals surface area contributed by atoms with E-state index in [-0.39, 0.29) is 0 Å². The Morgan fingerprint density at radius 1 is 1.40 bits per heavy atom. The molecular weight excluding hydrogens is 252 g/mol. The van der Waals surface area contributed by atoms with Gasteiger partial charge in [-0.25, -0.2) is 4.79 Å². The highest BCUT2D eigenvalue weighted by atomic mass is 16.4. The number of hydrogen-bond acceptors (Lipinski definition) is 3. The quantitative estimate of drug-likeness (QED) is 0.883. The second kappa shape index (κ2) is 5.94. The Morgan fingerprint density at radius 3 is 2.65 bits per heavy atom. The molecule has 0 bridgehead atoms. The van der Waals surface area contributed by atoms with Gasteiger partial charge in [0, 0.05) is 12.6 Å². The first-order valence-electron chi connectivity index (χ1n) is 7.27. The van der Waals surface area contributed by atoms with Crippen molar-refractivity contribution in [3.05, 3.63) is 35.9 Å². The molecule has 1 saturated heterocycles. The second-order valence-corrected chi connectivity index (χ2v) is 5.97. The van der Waals surface area contributed by atoms with E-state index < -0.39 is 11.5 Å². The summed E-state index contributed by atoms with van der Waals surface area (Å²) in [6.45, 7) is 5.66. The number of aliphatic carboxylic acids is 1. The number of piperidine rings is 1. The van der Waals surface area contributed by atoms with Crippen LogP contribution in [0.3, 0.4) is 0 Å². The van der Waals surface area contributed by atoms with Crippen LogP contribution in [0.5, 0.6) is 0 Å². The Bertz CT molecular complexity index is 463. The van der Waals surface area contributed by atoms with Crippen LogP contribution in [0.2, 0.25) is 0 Å². The average molecular weight is 276 g/mol. The molecule has 1 aromatic rings. The highest BCUT2D eigenvalue weighted by Crippen LogP contribution is 2.27. The van der Waals surface area contributed by atoms with Gasteiger partial charge in [0.2, 0.25) is 0 Å². The van der Waals surface area contributed by atoms with E-state index in [4.69, 9.17) is 5.73 Å². The zero-order chi connectivity index (χ0) is 14.8. The third kappa shape index (κ3) is 2.86. The smallest absolute Gasteiger partial charge is 0.329 e. The molecule has 20 heavy (non-hydrogen) atoms. The summed E-state index contributed by atoms with van der Waals surface area (Å²) in [6.07, 6.45) is 2.31. The van der Waals surface area contributed by atoms with Crippen LogP contribution in [0.4, 0.5) is 0 Å². The number of hydrogen-bond donors (Lipinski definition) is 2. The molecule has 0 amide bonds. The lowest BCUT2D eigenvalue weighted by molar-refractivity contribution is -0.145. The van der Waals surface area contributed by atoms with Crippen LogP contribution >= 0.6 is 0 Å². The Balaban J connectivity index is 2.24. The van der Waals surface area contributed by atoms with Crippen LogP contribution in [-0.4, -0.2) is 35.1 Å². The third-order valence-electron chi connectivity index (χ3n) is 4.63. The van der Waals surface area contributed by atoms with Gasteiger partial charge in [-0.15, -0.1) is 0 Å². The van der Waals surface area contributed by atoms with E-state index in [0.717, 1.165) is 13.0 Å². The van der Waals surface area contributed by atoms with Crippen molar-refractivity contribution in [1.82, 2.24) is 4.90 Å². The Kier molecular flexibility index (Phi) is 4.45. The molecule has 110 valence electrons. The van der Waals surface area contributed by atoms with Crippen molar-refractivity contribution in [2.24, 2.45) is 11.7 Å². The predicted octanol–water partition coefficient (Wildman–Crippen LogP) is 2.05. The van der Waals surface area contributed by atoms with Gasteiger partial charge in [0.25, 0.3) is 0 Å². The molecule has 3 N–H and O–H groups in total. The molecule has 1 aliphatic heterocycles. The molecule has 3 unspecified atom stereocenters. The molecule has 0 spiro atoms. The molecular formula is C16H24N2O2. The maximum absolute atomic E-state index is 11.7. The second-order valence-electron chi connectivity index (χ2n) is 5.97. The number of carbonyl (C=O) groups is 1. The first-order chi connectivity index (χ1) is 9.45. The SMILES string of the molecule is CC1CCCN(CC(N)(C(=O)O)c2ccccc2)C1C. The van der Waals surface area contributed by atoms with Crippen LogP contribution < -0.4 is 5.73 Å². The number of nitrogens with two attached hydrogens (primary N) is 1. The number of likely N-dealkylation sites (tertiary alicyclic amines) is 1. The summed E-state index contributed by atoms with van der Waals surface area (Å²) in [5.41, 5.74) is 5.58. The maximum atomic E-state index is 11.7. The minimum atomic E-state index is -1.34. The fraction of sp³-hybridized carbons (Fsp3) is 0.562. The maximum Gasteiger partial charge on any atom is 0.329 e. The van der Waals surface area contributed by atoms with Gasteiger partial charge < -0.3 is 10.8 Å². The van der Waals surface area contributed by atoms with E-state index in [1.807, 2.05) is 18.2 Å². The number of rotatable bonds is 4. The highest BCUT2D eigenvalue weighted by Gasteiger charge is 2.40. The predicted molar refractivity (Wildman–Crippen MR) is 79.4 cm³/mol. The van der Waals surface area contributed by atoms with Crippen LogP contribution in [0.15, 0.2) is 30.3 Å². The van der Waals surface area contributed by atoms with Gasteiger partial charge in [-0.3, -0.25) is 4.90 Å². The summed E-state index contributed by atoms with van der Waals surface area (Å²) in [5.74, 6) is -0.383. The molecule has 1 aromatic carbocycles. The summed E-state index contributed by atoms with van der Waals surface area (Å²) < 4.78 is 0. The van der Waals surface area contributed by atoms with Crippen molar-refractivity contribution in [2.45, 2.75) is 38.3 Å². The first-order valence-corrected chi connectivity index (χ1v) is 7.27. The molecule has 1 heterocycles. The van der Waals surface area contributed by atoms with Crippen LogP contribution in [0.1, 0.15) is 32.3 Å². The van der Waals surface area contributed by atoms with E-state index >= 15 is 0 Å². The molecule has 4 nitrogen and oxygen atoms in total. The van der Waals surface area contributed by atoms with Gasteiger partial charge in [0.05, 0.1) is 0 Å². The van der Waals surface area contributed by atoms with Crippen molar-refractivity contribution in [2.75, 3.05) is 13.1 Å². The van der Waals surface area contributed by atoms with Crippen molar-refractivity contribution < 1.29 is 9.90 Å². The fourth-order valence-electron chi connectivity index (χ4n) is 2.98. The van der Waals surface area contributed by atoms with Crippen LogP contribution in [0, 0.1) is 5.92 Å². The van der Waals surface area contributed by atoms with Crippen molar-refractivity contribution in [3.8, 4) is 0 Å². The first kappa shape index (κ1) is 15.0. The lowest BCUT2D eigenvalue weighted by Crippen LogP contribution is -2.57. The van der Waals surface area contributed by atoms with Gasteiger partial charge in [-0.2, -0.15) is 0 Å². The lowest BCUT2D eigenvalue weighted by Gasteiger charge is -2.41. The summed E-state index contributed by atoms with van der Waals surface area (Å²) in [5, 5.41) is 9.62. The van der Waals surface area contributed by atoms with Gasteiger partial charge >= 0.3 is 5.97 Å². The summed E-state index contributed by atoms with van der Waals surface area (Å²) in [4.78, 5) is 13.9. The largest absolute Gasteiger partial charge is 0.480 e. The summed E-state index contributed by atoms with van der Waals surface area (Å²) >= 11 is 0. The van der Waals surface area contributed by atoms with Gasteiger partial charge in [0.1, 0.15) is 0 Å². The zero-order valence-corrected chi connectivity index (χ0v) is 12.2. The minimum Gasteiger partial charge on any atom is -0.480 e. The van der Waals surface area contributed by atoms with Crippen LogP contribution in [0.25, 0.3) is 0 Å². The number of carboxylic acids is 1.